The summed E-state index contributed by atoms with van der Waals surface area (Å²) in [4.78, 5) is 23.3. The molecule has 0 fully saturated rings. The summed E-state index contributed by atoms with van der Waals surface area (Å²) in [7, 11) is 0. The molecule has 0 aliphatic heterocycles. The zero-order valence-corrected chi connectivity index (χ0v) is 12.2. The van der Waals surface area contributed by atoms with Crippen molar-refractivity contribution in [1.29, 1.82) is 0 Å². The Morgan fingerprint density at radius 1 is 1.22 bits per heavy atom. The van der Waals surface area contributed by atoms with E-state index in [1.807, 2.05) is 6.92 Å². The SMILES string of the molecule is CCC=C(COC(=O)C(C)(C)C)C(=O)OC(C)C. The zero-order chi connectivity index (χ0) is 14.3. The Kier molecular flexibility index (Phi) is 6.66. The van der Waals surface area contributed by atoms with Gasteiger partial charge in [-0.15, -0.1) is 0 Å². The third-order valence-electron chi connectivity index (χ3n) is 2.03. The van der Waals surface area contributed by atoms with Crippen LogP contribution in [0.25, 0.3) is 0 Å². The van der Waals surface area contributed by atoms with E-state index in [0.29, 0.717) is 12.0 Å². The van der Waals surface area contributed by atoms with Gasteiger partial charge in [0, 0.05) is 0 Å². The van der Waals surface area contributed by atoms with Gasteiger partial charge in [-0.1, -0.05) is 13.0 Å². The molecule has 0 atom stereocenters. The van der Waals surface area contributed by atoms with E-state index in [4.69, 9.17) is 9.47 Å². The van der Waals surface area contributed by atoms with Crippen LogP contribution in [-0.2, 0) is 19.1 Å². The molecule has 0 radical (unpaired) electrons. The lowest BCUT2D eigenvalue weighted by molar-refractivity contribution is -0.153. The topological polar surface area (TPSA) is 52.6 Å². The number of ether oxygens (including phenoxy) is 2. The van der Waals surface area contributed by atoms with E-state index in [0.717, 1.165) is 0 Å². The van der Waals surface area contributed by atoms with Crippen molar-refractivity contribution in [3.05, 3.63) is 11.6 Å². The summed E-state index contributed by atoms with van der Waals surface area (Å²) in [5.74, 6) is -0.754. The lowest BCUT2D eigenvalue weighted by Gasteiger charge is -2.17. The maximum Gasteiger partial charge on any atom is 0.337 e. The third kappa shape index (κ3) is 6.42. The van der Waals surface area contributed by atoms with Crippen LogP contribution in [0.1, 0.15) is 48.0 Å². The Hall–Kier alpha value is -1.32. The first-order valence-electron chi connectivity index (χ1n) is 6.25. The molecule has 4 nitrogen and oxygen atoms in total. The predicted octanol–water partition coefficient (Wildman–Crippen LogP) is 2.86. The van der Waals surface area contributed by atoms with E-state index >= 15 is 0 Å². The van der Waals surface area contributed by atoms with Crippen molar-refractivity contribution >= 4 is 11.9 Å². The Bertz CT molecular complexity index is 321. The number of esters is 2. The molecule has 0 spiro atoms. The van der Waals surface area contributed by atoms with E-state index < -0.39 is 11.4 Å². The van der Waals surface area contributed by atoms with Crippen molar-refractivity contribution in [2.75, 3.05) is 6.61 Å². The summed E-state index contributed by atoms with van der Waals surface area (Å²) in [5.41, 5.74) is -0.178. The normalized spacial score (nSPS) is 12.5. The van der Waals surface area contributed by atoms with Crippen molar-refractivity contribution in [3.8, 4) is 0 Å². The van der Waals surface area contributed by atoms with E-state index in [1.165, 1.54) is 0 Å². The second-order valence-corrected chi connectivity index (χ2v) is 5.42. The van der Waals surface area contributed by atoms with Gasteiger partial charge >= 0.3 is 11.9 Å². The molecule has 0 saturated carbocycles. The van der Waals surface area contributed by atoms with Gasteiger partial charge in [-0.3, -0.25) is 4.79 Å². The molecule has 0 N–H and O–H groups in total. The van der Waals surface area contributed by atoms with E-state index in [9.17, 15) is 9.59 Å². The second kappa shape index (κ2) is 7.19. The van der Waals surface area contributed by atoms with Gasteiger partial charge in [0.05, 0.1) is 17.1 Å². The van der Waals surface area contributed by atoms with Crippen molar-refractivity contribution < 1.29 is 19.1 Å². The first kappa shape index (κ1) is 16.7. The molecule has 0 amide bonds. The van der Waals surface area contributed by atoms with Gasteiger partial charge in [0.25, 0.3) is 0 Å². The number of carbonyl (C=O) groups is 2. The number of hydrogen-bond donors (Lipinski definition) is 0. The average Bonchev–Trinajstić information content (AvgIpc) is 2.21. The van der Waals surface area contributed by atoms with E-state index in [2.05, 4.69) is 0 Å². The van der Waals surface area contributed by atoms with Crippen LogP contribution in [-0.4, -0.2) is 24.6 Å². The minimum absolute atomic E-state index is 0.0322. The molecule has 0 aliphatic carbocycles. The Labute approximate surface area is 109 Å². The highest BCUT2D eigenvalue weighted by Crippen LogP contribution is 2.16. The molecular formula is C14H24O4. The average molecular weight is 256 g/mol. The fourth-order valence-electron chi connectivity index (χ4n) is 1.10. The minimum Gasteiger partial charge on any atom is -0.460 e. The van der Waals surface area contributed by atoms with Crippen LogP contribution in [0, 0.1) is 5.41 Å². The third-order valence-corrected chi connectivity index (χ3v) is 2.03. The van der Waals surface area contributed by atoms with Gasteiger partial charge in [-0.05, 0) is 41.0 Å². The minimum atomic E-state index is -0.570. The molecule has 0 heterocycles. The lowest BCUT2D eigenvalue weighted by Crippen LogP contribution is -2.25. The zero-order valence-electron chi connectivity index (χ0n) is 12.2. The molecule has 0 aromatic carbocycles. The van der Waals surface area contributed by atoms with Crippen LogP contribution >= 0.6 is 0 Å². The van der Waals surface area contributed by atoms with E-state index in [-0.39, 0.29) is 18.7 Å². The number of carbonyl (C=O) groups excluding carboxylic acids is 2. The van der Waals surface area contributed by atoms with Crippen molar-refractivity contribution in [2.45, 2.75) is 54.1 Å². The highest BCUT2D eigenvalue weighted by molar-refractivity contribution is 5.89. The molecule has 0 bridgehead atoms. The predicted molar refractivity (Wildman–Crippen MR) is 70.0 cm³/mol. The monoisotopic (exact) mass is 256 g/mol. The summed E-state index contributed by atoms with van der Waals surface area (Å²) >= 11 is 0. The van der Waals surface area contributed by atoms with E-state index in [1.54, 1.807) is 40.7 Å². The maximum atomic E-state index is 11.7. The molecule has 18 heavy (non-hydrogen) atoms. The van der Waals surface area contributed by atoms with Gasteiger partial charge < -0.3 is 9.47 Å². The quantitative estimate of drug-likeness (QED) is 0.560. The van der Waals surface area contributed by atoms with Crippen molar-refractivity contribution in [2.24, 2.45) is 5.41 Å². The highest BCUT2D eigenvalue weighted by Gasteiger charge is 2.24. The van der Waals surface area contributed by atoms with Gasteiger partial charge in [0.15, 0.2) is 0 Å². The van der Waals surface area contributed by atoms with Crippen LogP contribution in [0.4, 0.5) is 0 Å². The summed E-state index contributed by atoms with van der Waals surface area (Å²) in [5, 5.41) is 0. The molecule has 0 aromatic rings. The number of allylic oxidation sites excluding steroid dienone is 1. The Morgan fingerprint density at radius 3 is 2.17 bits per heavy atom. The van der Waals surface area contributed by atoms with Gasteiger partial charge in [-0.25, -0.2) is 4.79 Å². The largest absolute Gasteiger partial charge is 0.460 e. The van der Waals surface area contributed by atoms with Crippen molar-refractivity contribution in [1.82, 2.24) is 0 Å². The van der Waals surface area contributed by atoms with Crippen LogP contribution in [0.5, 0.6) is 0 Å². The highest BCUT2D eigenvalue weighted by atomic mass is 16.6. The molecule has 104 valence electrons. The van der Waals surface area contributed by atoms with Crippen molar-refractivity contribution in [3.63, 3.8) is 0 Å². The van der Waals surface area contributed by atoms with Gasteiger partial charge in [0.1, 0.15) is 6.61 Å². The van der Waals surface area contributed by atoms with Crippen LogP contribution < -0.4 is 0 Å². The molecule has 0 aromatic heterocycles. The molecule has 4 heteroatoms. The summed E-state index contributed by atoms with van der Waals surface area (Å²) in [6.07, 6.45) is 2.23. The summed E-state index contributed by atoms with van der Waals surface area (Å²) < 4.78 is 10.2. The first-order valence-corrected chi connectivity index (χ1v) is 6.25. The maximum absolute atomic E-state index is 11.7. The number of hydrogen-bond acceptors (Lipinski definition) is 4. The molecule has 0 saturated heterocycles. The second-order valence-electron chi connectivity index (χ2n) is 5.42. The standard InChI is InChI=1S/C14H24O4/c1-7-8-11(12(15)18-10(2)3)9-17-13(16)14(4,5)6/h8,10H,7,9H2,1-6H3. The Morgan fingerprint density at radius 2 is 1.78 bits per heavy atom. The lowest BCUT2D eigenvalue weighted by atomic mass is 9.97. The number of rotatable bonds is 5. The van der Waals surface area contributed by atoms with Gasteiger partial charge in [0.2, 0.25) is 0 Å². The van der Waals surface area contributed by atoms with Crippen LogP contribution in [0.3, 0.4) is 0 Å². The fraction of sp³-hybridized carbons (Fsp3) is 0.714. The Balaban J connectivity index is 4.53. The summed E-state index contributed by atoms with van der Waals surface area (Å²) in [6.45, 7) is 10.7. The molecular weight excluding hydrogens is 232 g/mol. The van der Waals surface area contributed by atoms with Crippen LogP contribution in [0.15, 0.2) is 11.6 Å². The smallest absolute Gasteiger partial charge is 0.337 e. The first-order chi connectivity index (χ1) is 8.18. The molecule has 0 aliphatic rings. The molecule has 0 rings (SSSR count). The fourth-order valence-corrected chi connectivity index (χ4v) is 1.10. The van der Waals surface area contributed by atoms with Crippen LogP contribution in [0.2, 0.25) is 0 Å². The molecule has 0 unspecified atom stereocenters. The summed E-state index contributed by atoms with van der Waals surface area (Å²) in [6, 6.07) is 0. The van der Waals surface area contributed by atoms with Gasteiger partial charge in [-0.2, -0.15) is 0 Å².